The second-order valence-corrected chi connectivity index (χ2v) is 3.89. The summed E-state index contributed by atoms with van der Waals surface area (Å²) in [4.78, 5) is 0. The van der Waals surface area contributed by atoms with Crippen molar-refractivity contribution in [1.82, 2.24) is 15.1 Å². The SMILES string of the molecule is COCC(CNC(C)c1cnn(C)c1)OC. The van der Waals surface area contributed by atoms with E-state index in [-0.39, 0.29) is 12.1 Å². The molecule has 0 bridgehead atoms. The summed E-state index contributed by atoms with van der Waals surface area (Å²) >= 11 is 0. The van der Waals surface area contributed by atoms with Gasteiger partial charge in [0.15, 0.2) is 0 Å². The molecule has 5 heteroatoms. The Morgan fingerprint density at radius 2 is 2.25 bits per heavy atom. The van der Waals surface area contributed by atoms with Gasteiger partial charge < -0.3 is 14.8 Å². The summed E-state index contributed by atoms with van der Waals surface area (Å²) in [5.74, 6) is 0. The Bertz CT molecular complexity index is 301. The molecular formula is C11H21N3O2. The molecule has 0 aliphatic carbocycles. The van der Waals surface area contributed by atoms with Crippen LogP contribution in [0.1, 0.15) is 18.5 Å². The topological polar surface area (TPSA) is 48.3 Å². The number of nitrogens with zero attached hydrogens (tertiary/aromatic N) is 2. The molecule has 0 amide bonds. The standard InChI is InChI=1S/C11H21N3O2/c1-9(10-5-13-14(2)7-10)12-6-11(16-4)8-15-3/h5,7,9,11-12H,6,8H2,1-4H3. The number of aryl methyl sites for hydroxylation is 1. The van der Waals surface area contributed by atoms with Crippen LogP contribution >= 0.6 is 0 Å². The minimum absolute atomic E-state index is 0.0871. The first kappa shape index (κ1) is 13.2. The molecule has 2 unspecified atom stereocenters. The Balaban J connectivity index is 2.36. The zero-order valence-corrected chi connectivity index (χ0v) is 10.4. The largest absolute Gasteiger partial charge is 0.382 e. The second-order valence-electron chi connectivity index (χ2n) is 3.89. The van der Waals surface area contributed by atoms with E-state index in [9.17, 15) is 0 Å². The Morgan fingerprint density at radius 3 is 2.75 bits per heavy atom. The molecule has 0 spiro atoms. The van der Waals surface area contributed by atoms with Crippen molar-refractivity contribution in [3.05, 3.63) is 18.0 Å². The first-order valence-electron chi connectivity index (χ1n) is 5.41. The fraction of sp³-hybridized carbons (Fsp3) is 0.727. The van der Waals surface area contributed by atoms with Gasteiger partial charge in [-0.05, 0) is 6.92 Å². The van der Waals surface area contributed by atoms with Gasteiger partial charge in [0.2, 0.25) is 0 Å². The van der Waals surface area contributed by atoms with Gasteiger partial charge in [-0.2, -0.15) is 5.10 Å². The lowest BCUT2D eigenvalue weighted by Gasteiger charge is -2.18. The maximum Gasteiger partial charge on any atom is 0.0928 e. The number of hydrogen-bond donors (Lipinski definition) is 1. The van der Waals surface area contributed by atoms with E-state index in [0.29, 0.717) is 6.61 Å². The molecule has 0 saturated carbocycles. The summed E-state index contributed by atoms with van der Waals surface area (Å²) in [6.07, 6.45) is 3.97. The van der Waals surface area contributed by atoms with E-state index >= 15 is 0 Å². The maximum atomic E-state index is 5.27. The Morgan fingerprint density at radius 1 is 1.50 bits per heavy atom. The average Bonchev–Trinajstić information content (AvgIpc) is 2.70. The van der Waals surface area contributed by atoms with Gasteiger partial charge in [-0.3, -0.25) is 4.68 Å². The first-order chi connectivity index (χ1) is 7.67. The number of methoxy groups -OCH3 is 2. The predicted octanol–water partition coefficient (Wildman–Crippen LogP) is 0.732. The van der Waals surface area contributed by atoms with E-state index < -0.39 is 0 Å². The molecule has 5 nitrogen and oxygen atoms in total. The van der Waals surface area contributed by atoms with Gasteiger partial charge in [-0.1, -0.05) is 0 Å². The Kier molecular flexibility index (Phi) is 5.45. The summed E-state index contributed by atoms with van der Waals surface area (Å²) < 4.78 is 12.1. The lowest BCUT2D eigenvalue weighted by atomic mass is 10.2. The molecule has 0 saturated heterocycles. The molecule has 1 aromatic rings. The first-order valence-corrected chi connectivity index (χ1v) is 5.41. The summed E-state index contributed by atoms with van der Waals surface area (Å²) in [7, 11) is 5.29. The van der Waals surface area contributed by atoms with Crippen LogP contribution in [0.5, 0.6) is 0 Å². The van der Waals surface area contributed by atoms with Crippen molar-refractivity contribution >= 4 is 0 Å². The summed E-state index contributed by atoms with van der Waals surface area (Å²) in [5.41, 5.74) is 1.18. The summed E-state index contributed by atoms with van der Waals surface area (Å²) in [6.45, 7) is 3.47. The predicted molar refractivity (Wildman–Crippen MR) is 62.3 cm³/mol. The third-order valence-corrected chi connectivity index (χ3v) is 2.56. The van der Waals surface area contributed by atoms with Crippen LogP contribution in [-0.2, 0) is 16.5 Å². The minimum Gasteiger partial charge on any atom is -0.382 e. The molecule has 2 atom stereocenters. The smallest absolute Gasteiger partial charge is 0.0928 e. The van der Waals surface area contributed by atoms with E-state index in [1.165, 1.54) is 5.56 Å². The van der Waals surface area contributed by atoms with Crippen molar-refractivity contribution in [3.8, 4) is 0 Å². The van der Waals surface area contributed by atoms with E-state index in [1.807, 2.05) is 19.4 Å². The van der Waals surface area contributed by atoms with E-state index in [4.69, 9.17) is 9.47 Å². The van der Waals surface area contributed by atoms with Crippen LogP contribution < -0.4 is 5.32 Å². The fourth-order valence-electron chi connectivity index (χ4n) is 1.49. The molecule has 0 radical (unpaired) electrons. The van der Waals surface area contributed by atoms with Crippen LogP contribution in [0.4, 0.5) is 0 Å². The highest BCUT2D eigenvalue weighted by Crippen LogP contribution is 2.10. The molecule has 92 valence electrons. The summed E-state index contributed by atoms with van der Waals surface area (Å²) in [6, 6.07) is 0.267. The highest BCUT2D eigenvalue weighted by Gasteiger charge is 2.11. The van der Waals surface area contributed by atoms with Gasteiger partial charge in [0.1, 0.15) is 0 Å². The average molecular weight is 227 g/mol. The number of aromatic nitrogens is 2. The van der Waals surface area contributed by atoms with Gasteiger partial charge in [0.05, 0.1) is 18.9 Å². The minimum atomic E-state index is 0.0871. The lowest BCUT2D eigenvalue weighted by molar-refractivity contribution is 0.0276. The van der Waals surface area contributed by atoms with Crippen molar-refractivity contribution < 1.29 is 9.47 Å². The van der Waals surface area contributed by atoms with E-state index in [1.54, 1.807) is 18.9 Å². The van der Waals surface area contributed by atoms with Crippen LogP contribution in [0, 0.1) is 0 Å². The third-order valence-electron chi connectivity index (χ3n) is 2.56. The van der Waals surface area contributed by atoms with Crippen LogP contribution in [-0.4, -0.2) is 43.3 Å². The number of nitrogens with one attached hydrogen (secondary N) is 1. The van der Waals surface area contributed by atoms with Crippen LogP contribution in [0.3, 0.4) is 0 Å². The van der Waals surface area contributed by atoms with Gasteiger partial charge in [-0.15, -0.1) is 0 Å². The molecule has 0 aliphatic rings. The van der Waals surface area contributed by atoms with Crippen molar-refractivity contribution in [2.75, 3.05) is 27.4 Å². The van der Waals surface area contributed by atoms with Crippen molar-refractivity contribution in [2.45, 2.75) is 19.1 Å². The number of ether oxygens (including phenoxy) is 2. The molecule has 0 aliphatic heterocycles. The summed E-state index contributed by atoms with van der Waals surface area (Å²) in [5, 5.41) is 7.53. The highest BCUT2D eigenvalue weighted by molar-refractivity contribution is 5.08. The molecule has 0 fully saturated rings. The molecule has 0 aromatic carbocycles. The van der Waals surface area contributed by atoms with Gasteiger partial charge in [-0.25, -0.2) is 0 Å². The number of hydrogen-bond acceptors (Lipinski definition) is 4. The van der Waals surface area contributed by atoms with Crippen LogP contribution in [0.25, 0.3) is 0 Å². The molecular weight excluding hydrogens is 206 g/mol. The van der Waals surface area contributed by atoms with E-state index in [2.05, 4.69) is 17.3 Å². The number of rotatable bonds is 7. The van der Waals surface area contributed by atoms with Crippen molar-refractivity contribution in [1.29, 1.82) is 0 Å². The molecule has 1 rings (SSSR count). The molecule has 1 N–H and O–H groups in total. The van der Waals surface area contributed by atoms with Crippen molar-refractivity contribution in [2.24, 2.45) is 7.05 Å². The van der Waals surface area contributed by atoms with Crippen LogP contribution in [0.2, 0.25) is 0 Å². The fourth-order valence-corrected chi connectivity index (χ4v) is 1.49. The molecule has 1 heterocycles. The zero-order chi connectivity index (χ0) is 12.0. The van der Waals surface area contributed by atoms with Gasteiger partial charge in [0, 0.05) is 45.6 Å². The van der Waals surface area contributed by atoms with Crippen LogP contribution in [0.15, 0.2) is 12.4 Å². The van der Waals surface area contributed by atoms with Gasteiger partial charge >= 0.3 is 0 Å². The maximum absolute atomic E-state index is 5.27. The third kappa shape index (κ3) is 3.92. The van der Waals surface area contributed by atoms with Crippen molar-refractivity contribution in [3.63, 3.8) is 0 Å². The quantitative estimate of drug-likeness (QED) is 0.746. The highest BCUT2D eigenvalue weighted by atomic mass is 16.5. The molecule has 16 heavy (non-hydrogen) atoms. The Hall–Kier alpha value is -0.910. The normalized spacial score (nSPS) is 15.0. The second kappa shape index (κ2) is 6.62. The molecule has 1 aromatic heterocycles. The monoisotopic (exact) mass is 227 g/mol. The Labute approximate surface area is 96.7 Å². The zero-order valence-electron chi connectivity index (χ0n) is 10.4. The van der Waals surface area contributed by atoms with Gasteiger partial charge in [0.25, 0.3) is 0 Å². The van der Waals surface area contributed by atoms with E-state index in [0.717, 1.165) is 6.54 Å². The lowest BCUT2D eigenvalue weighted by Crippen LogP contribution is -2.33.